The first-order valence-electron chi connectivity index (χ1n) is 9.27. The van der Waals surface area contributed by atoms with Crippen molar-refractivity contribution in [3.05, 3.63) is 35.7 Å². The molecule has 2 heterocycles. The van der Waals surface area contributed by atoms with E-state index in [1.807, 2.05) is 4.68 Å². The Kier molecular flexibility index (Phi) is 4.75. The minimum atomic E-state index is -3.29. The molecule has 2 aromatic heterocycles. The number of aromatic nitrogens is 3. The molecule has 0 aliphatic heterocycles. The summed E-state index contributed by atoms with van der Waals surface area (Å²) in [7, 11) is -3.29. The Labute approximate surface area is 167 Å². The molecule has 1 N–H and O–H groups in total. The number of nitrogens with zero attached hydrogens (tertiary/aromatic N) is 3. The number of thiazole rings is 1. The number of carbonyl (C=O) groups excluding carboxylic acids is 1. The molecule has 1 amide bonds. The van der Waals surface area contributed by atoms with Gasteiger partial charge in [0.05, 0.1) is 32.6 Å². The molecule has 9 heteroatoms. The highest BCUT2D eigenvalue weighted by Gasteiger charge is 2.33. The molecule has 1 atom stereocenters. The van der Waals surface area contributed by atoms with E-state index in [0.29, 0.717) is 22.1 Å². The molecule has 0 bridgehead atoms. The van der Waals surface area contributed by atoms with E-state index in [0.717, 1.165) is 29.7 Å². The summed E-state index contributed by atoms with van der Waals surface area (Å²) in [4.78, 5) is 17.6. The summed E-state index contributed by atoms with van der Waals surface area (Å²) in [5, 5.41) is 7.78. The molecule has 148 valence electrons. The predicted octanol–water partition coefficient (Wildman–Crippen LogP) is 4.00. The zero-order valence-electron chi connectivity index (χ0n) is 16.0. The largest absolute Gasteiger partial charge is 0.298 e. The van der Waals surface area contributed by atoms with E-state index >= 15 is 0 Å². The van der Waals surface area contributed by atoms with Gasteiger partial charge in [-0.15, -0.1) is 0 Å². The van der Waals surface area contributed by atoms with Crippen LogP contribution in [0.25, 0.3) is 10.2 Å². The molecule has 0 saturated heterocycles. The summed E-state index contributed by atoms with van der Waals surface area (Å²) in [5.41, 5.74) is 2.26. The van der Waals surface area contributed by atoms with Crippen molar-refractivity contribution in [2.45, 2.75) is 50.0 Å². The number of amides is 1. The molecule has 1 aliphatic carbocycles. The van der Waals surface area contributed by atoms with E-state index in [2.05, 4.69) is 29.2 Å². The number of fused-ring (bicyclic) bond motifs is 1. The van der Waals surface area contributed by atoms with Gasteiger partial charge in [0.15, 0.2) is 15.0 Å². The summed E-state index contributed by atoms with van der Waals surface area (Å²) in [5.74, 6) is 0.170. The lowest BCUT2D eigenvalue weighted by molar-refractivity contribution is 0.102. The molecule has 1 aliphatic rings. The summed E-state index contributed by atoms with van der Waals surface area (Å²) in [6.07, 6.45) is 5.93. The van der Waals surface area contributed by atoms with Crippen LogP contribution in [0.4, 0.5) is 5.13 Å². The van der Waals surface area contributed by atoms with Gasteiger partial charge in [0, 0.05) is 18.2 Å². The van der Waals surface area contributed by atoms with Gasteiger partial charge >= 0.3 is 0 Å². The second-order valence-electron chi connectivity index (χ2n) is 7.29. The molecule has 28 heavy (non-hydrogen) atoms. The van der Waals surface area contributed by atoms with E-state index < -0.39 is 9.84 Å². The summed E-state index contributed by atoms with van der Waals surface area (Å²) >= 11 is 1.26. The second-order valence-corrected chi connectivity index (χ2v) is 10.3. The van der Waals surface area contributed by atoms with Crippen LogP contribution < -0.4 is 5.32 Å². The van der Waals surface area contributed by atoms with Gasteiger partial charge < -0.3 is 0 Å². The van der Waals surface area contributed by atoms with Gasteiger partial charge in [-0.05, 0) is 44.4 Å². The lowest BCUT2D eigenvalue weighted by atomic mass is 10.1. The first kappa shape index (κ1) is 19.1. The van der Waals surface area contributed by atoms with Crippen molar-refractivity contribution in [2.24, 2.45) is 0 Å². The number of carbonyl (C=O) groups is 1. The molecule has 1 aromatic carbocycles. The molecular weight excluding hydrogens is 396 g/mol. The molecule has 1 unspecified atom stereocenters. The van der Waals surface area contributed by atoms with Crippen LogP contribution >= 0.6 is 11.3 Å². The Morgan fingerprint density at radius 2 is 2.14 bits per heavy atom. The van der Waals surface area contributed by atoms with Crippen LogP contribution in [0, 0.1) is 0 Å². The highest BCUT2D eigenvalue weighted by Crippen LogP contribution is 2.43. The Bertz CT molecular complexity index is 1160. The number of hydrogen-bond acceptors (Lipinski definition) is 6. The fourth-order valence-corrected chi connectivity index (χ4v) is 4.81. The summed E-state index contributed by atoms with van der Waals surface area (Å²) < 4.78 is 26.2. The Morgan fingerprint density at radius 3 is 2.79 bits per heavy atom. The zero-order valence-corrected chi connectivity index (χ0v) is 17.6. The van der Waals surface area contributed by atoms with Gasteiger partial charge in [0.2, 0.25) is 0 Å². The SMILES string of the molecule is CCC(C)n1ncc(C(=O)Nc2nc3ccc(S(C)(=O)=O)cc3s2)c1C1CC1. The van der Waals surface area contributed by atoms with Crippen molar-refractivity contribution in [2.75, 3.05) is 11.6 Å². The van der Waals surface area contributed by atoms with Gasteiger partial charge in [0.25, 0.3) is 5.91 Å². The van der Waals surface area contributed by atoms with Crippen LogP contribution in [0.1, 0.15) is 61.1 Å². The molecular formula is C19H22N4O3S2. The maximum absolute atomic E-state index is 12.9. The third-order valence-electron chi connectivity index (χ3n) is 5.06. The van der Waals surface area contributed by atoms with Gasteiger partial charge in [-0.1, -0.05) is 18.3 Å². The predicted molar refractivity (Wildman–Crippen MR) is 110 cm³/mol. The highest BCUT2D eigenvalue weighted by atomic mass is 32.2. The van der Waals surface area contributed by atoms with Crippen LogP contribution in [0.2, 0.25) is 0 Å². The van der Waals surface area contributed by atoms with Gasteiger partial charge in [0.1, 0.15) is 0 Å². The maximum Gasteiger partial charge on any atom is 0.260 e. The first-order chi connectivity index (χ1) is 13.3. The van der Waals surface area contributed by atoms with Crippen molar-refractivity contribution >= 4 is 42.4 Å². The fourth-order valence-electron chi connectivity index (χ4n) is 3.19. The van der Waals surface area contributed by atoms with E-state index in [-0.39, 0.29) is 16.8 Å². The topological polar surface area (TPSA) is 93.9 Å². The normalized spacial score (nSPS) is 15.7. The van der Waals surface area contributed by atoms with Gasteiger partial charge in [-0.3, -0.25) is 14.8 Å². The van der Waals surface area contributed by atoms with E-state index in [1.165, 1.54) is 23.7 Å². The van der Waals surface area contributed by atoms with E-state index in [1.54, 1.807) is 18.3 Å². The number of nitrogens with one attached hydrogen (secondary N) is 1. The highest BCUT2D eigenvalue weighted by molar-refractivity contribution is 7.90. The van der Waals surface area contributed by atoms with Crippen LogP contribution in [0.15, 0.2) is 29.3 Å². The number of rotatable bonds is 6. The third-order valence-corrected chi connectivity index (χ3v) is 7.10. The molecule has 0 spiro atoms. The number of sulfone groups is 1. The molecule has 1 fully saturated rings. The van der Waals surface area contributed by atoms with Crippen LogP contribution in [0.3, 0.4) is 0 Å². The third kappa shape index (κ3) is 3.56. The van der Waals surface area contributed by atoms with Crippen molar-refractivity contribution in [1.82, 2.24) is 14.8 Å². The quantitative estimate of drug-likeness (QED) is 0.653. The minimum Gasteiger partial charge on any atom is -0.298 e. The molecule has 4 rings (SSSR count). The molecule has 7 nitrogen and oxygen atoms in total. The number of anilines is 1. The summed E-state index contributed by atoms with van der Waals surface area (Å²) in [6.45, 7) is 4.21. The van der Waals surface area contributed by atoms with Crippen molar-refractivity contribution < 1.29 is 13.2 Å². The average molecular weight is 419 g/mol. The maximum atomic E-state index is 12.9. The molecule has 3 aromatic rings. The number of benzene rings is 1. The van der Waals surface area contributed by atoms with Gasteiger partial charge in [-0.25, -0.2) is 13.4 Å². The van der Waals surface area contributed by atoms with E-state index in [9.17, 15) is 13.2 Å². The standard InChI is InChI=1S/C19H22N4O3S2/c1-4-11(2)23-17(12-5-6-12)14(10-20-23)18(24)22-19-21-15-8-7-13(28(3,25)26)9-16(15)27-19/h7-12H,4-6H2,1-3H3,(H,21,22,24). The number of hydrogen-bond donors (Lipinski definition) is 1. The lowest BCUT2D eigenvalue weighted by Gasteiger charge is -2.14. The van der Waals surface area contributed by atoms with Crippen molar-refractivity contribution in [3.8, 4) is 0 Å². The Hall–Kier alpha value is -2.26. The van der Waals surface area contributed by atoms with Gasteiger partial charge in [-0.2, -0.15) is 5.10 Å². The monoisotopic (exact) mass is 418 g/mol. The van der Waals surface area contributed by atoms with Crippen LogP contribution in [0.5, 0.6) is 0 Å². The minimum absolute atomic E-state index is 0.223. The Balaban J connectivity index is 1.63. The van der Waals surface area contributed by atoms with Crippen LogP contribution in [-0.4, -0.2) is 35.3 Å². The molecule has 0 radical (unpaired) electrons. The second kappa shape index (κ2) is 6.97. The summed E-state index contributed by atoms with van der Waals surface area (Å²) in [6, 6.07) is 5.03. The van der Waals surface area contributed by atoms with E-state index in [4.69, 9.17) is 0 Å². The first-order valence-corrected chi connectivity index (χ1v) is 12.0. The van der Waals surface area contributed by atoms with Crippen molar-refractivity contribution in [1.29, 1.82) is 0 Å². The van der Waals surface area contributed by atoms with Crippen molar-refractivity contribution in [3.63, 3.8) is 0 Å². The smallest absolute Gasteiger partial charge is 0.260 e. The zero-order chi connectivity index (χ0) is 20.1. The molecule has 1 saturated carbocycles. The Morgan fingerprint density at radius 1 is 1.39 bits per heavy atom. The average Bonchev–Trinajstić information content (AvgIpc) is 3.25. The lowest BCUT2D eigenvalue weighted by Crippen LogP contribution is -2.15. The fraction of sp³-hybridized carbons (Fsp3) is 0.421. The van der Waals surface area contributed by atoms with Crippen LogP contribution in [-0.2, 0) is 9.84 Å².